The topological polar surface area (TPSA) is 98.5 Å². The average Bonchev–Trinajstić information content (AvgIpc) is 2.46. The molecule has 1 atom stereocenters. The maximum Gasteiger partial charge on any atom is 0.418 e. The lowest BCUT2D eigenvalue weighted by molar-refractivity contribution is -0.385. The molecule has 0 spiro atoms. The van der Waals surface area contributed by atoms with Gasteiger partial charge in [0.15, 0.2) is 6.10 Å². The fraction of sp³-hybridized carbons (Fsp3) is 0.429. The third kappa shape index (κ3) is 5.21. The van der Waals surface area contributed by atoms with Gasteiger partial charge in [-0.15, -0.1) is 0 Å². The largest absolute Gasteiger partial charge is 0.453 e. The van der Waals surface area contributed by atoms with Crippen molar-refractivity contribution in [2.75, 3.05) is 5.32 Å². The van der Waals surface area contributed by atoms with E-state index in [-0.39, 0.29) is 6.42 Å². The summed E-state index contributed by atoms with van der Waals surface area (Å²) in [5.41, 5.74) is -2.78. The molecule has 0 aliphatic heterocycles. The number of nitro groups is 1. The zero-order valence-corrected chi connectivity index (χ0v) is 12.8. The maximum absolute atomic E-state index is 13.0. The van der Waals surface area contributed by atoms with Crippen molar-refractivity contribution in [1.29, 1.82) is 0 Å². The van der Waals surface area contributed by atoms with Gasteiger partial charge in [0.1, 0.15) is 0 Å². The minimum Gasteiger partial charge on any atom is -0.453 e. The Labute approximate surface area is 134 Å². The van der Waals surface area contributed by atoms with Crippen molar-refractivity contribution >= 4 is 23.3 Å². The average molecular weight is 348 g/mol. The molecule has 1 aromatic rings. The Kier molecular flexibility index (Phi) is 6.27. The molecule has 0 saturated heterocycles. The van der Waals surface area contributed by atoms with Crippen LogP contribution in [0.25, 0.3) is 0 Å². The van der Waals surface area contributed by atoms with E-state index in [0.29, 0.717) is 12.5 Å². The summed E-state index contributed by atoms with van der Waals surface area (Å²) in [6.45, 7) is 2.93. The molecule has 1 amide bonds. The Balaban J connectivity index is 2.99. The van der Waals surface area contributed by atoms with Gasteiger partial charge in [-0.1, -0.05) is 6.92 Å². The first-order chi connectivity index (χ1) is 11.1. The van der Waals surface area contributed by atoms with Gasteiger partial charge in [0.05, 0.1) is 16.2 Å². The third-order valence-electron chi connectivity index (χ3n) is 2.91. The van der Waals surface area contributed by atoms with Crippen molar-refractivity contribution in [3.63, 3.8) is 0 Å². The maximum atomic E-state index is 13.0. The zero-order chi connectivity index (χ0) is 18.5. The second kappa shape index (κ2) is 7.75. The van der Waals surface area contributed by atoms with Crippen molar-refractivity contribution in [1.82, 2.24) is 0 Å². The lowest BCUT2D eigenvalue weighted by Crippen LogP contribution is -2.30. The van der Waals surface area contributed by atoms with E-state index >= 15 is 0 Å². The van der Waals surface area contributed by atoms with E-state index in [0.717, 1.165) is 12.1 Å². The molecule has 132 valence electrons. The van der Waals surface area contributed by atoms with E-state index < -0.39 is 46.0 Å². The Morgan fingerprint density at radius 3 is 2.50 bits per heavy atom. The predicted molar refractivity (Wildman–Crippen MR) is 77.2 cm³/mol. The molecule has 10 heteroatoms. The number of halogens is 3. The Bertz CT molecular complexity index is 646. The van der Waals surface area contributed by atoms with E-state index in [9.17, 15) is 32.9 Å². The molecule has 0 unspecified atom stereocenters. The van der Waals surface area contributed by atoms with E-state index in [1.807, 2.05) is 5.32 Å². The minimum absolute atomic E-state index is 0.0724. The minimum atomic E-state index is -4.91. The quantitative estimate of drug-likeness (QED) is 0.483. The number of rotatable bonds is 6. The molecule has 0 heterocycles. The van der Waals surface area contributed by atoms with Crippen molar-refractivity contribution in [2.24, 2.45) is 0 Å². The molecule has 0 aliphatic carbocycles. The normalized spacial score (nSPS) is 12.4. The van der Waals surface area contributed by atoms with Crippen LogP contribution in [-0.4, -0.2) is 22.9 Å². The van der Waals surface area contributed by atoms with E-state index in [4.69, 9.17) is 4.74 Å². The monoisotopic (exact) mass is 348 g/mol. The van der Waals surface area contributed by atoms with Crippen LogP contribution in [0.5, 0.6) is 0 Å². The number of amides is 1. The molecule has 0 radical (unpaired) electrons. The molecule has 1 aromatic carbocycles. The number of hydrogen-bond donors (Lipinski definition) is 1. The summed E-state index contributed by atoms with van der Waals surface area (Å²) < 4.78 is 43.8. The number of nitrogens with one attached hydrogen (secondary N) is 1. The molecule has 0 aromatic heterocycles. The van der Waals surface area contributed by atoms with Crippen molar-refractivity contribution in [3.05, 3.63) is 33.9 Å². The molecule has 24 heavy (non-hydrogen) atoms. The zero-order valence-electron chi connectivity index (χ0n) is 12.8. The van der Waals surface area contributed by atoms with Gasteiger partial charge in [0.2, 0.25) is 0 Å². The highest BCUT2D eigenvalue weighted by atomic mass is 19.4. The van der Waals surface area contributed by atoms with Crippen LogP contribution in [-0.2, 0) is 20.5 Å². The van der Waals surface area contributed by atoms with Gasteiger partial charge in [0, 0.05) is 18.6 Å². The molecule has 1 N–H and O–H groups in total. The summed E-state index contributed by atoms with van der Waals surface area (Å²) in [5, 5.41) is 12.6. The highest BCUT2D eigenvalue weighted by molar-refractivity contribution is 5.95. The lowest BCUT2D eigenvalue weighted by Gasteiger charge is -2.16. The van der Waals surface area contributed by atoms with E-state index in [1.54, 1.807) is 6.92 Å². The fourth-order valence-corrected chi connectivity index (χ4v) is 1.74. The van der Waals surface area contributed by atoms with Crippen molar-refractivity contribution < 1.29 is 32.4 Å². The summed E-state index contributed by atoms with van der Waals surface area (Å²) in [6, 6.07) is 1.93. The summed E-state index contributed by atoms with van der Waals surface area (Å²) in [7, 11) is 0. The van der Waals surface area contributed by atoms with Crippen LogP contribution < -0.4 is 5.32 Å². The van der Waals surface area contributed by atoms with Gasteiger partial charge in [0.25, 0.3) is 11.6 Å². The first-order valence-corrected chi connectivity index (χ1v) is 6.92. The molecule has 7 nitrogen and oxygen atoms in total. The molecular weight excluding hydrogens is 333 g/mol. The van der Waals surface area contributed by atoms with Crippen LogP contribution in [0.1, 0.15) is 32.3 Å². The number of ether oxygens (including phenoxy) is 1. The lowest BCUT2D eigenvalue weighted by atomic mass is 10.1. The molecule has 0 bridgehead atoms. The molecule has 0 aliphatic rings. The van der Waals surface area contributed by atoms with Crippen LogP contribution in [0.4, 0.5) is 24.5 Å². The van der Waals surface area contributed by atoms with Gasteiger partial charge >= 0.3 is 12.1 Å². The third-order valence-corrected chi connectivity index (χ3v) is 2.91. The van der Waals surface area contributed by atoms with Gasteiger partial charge in [-0.25, -0.2) is 0 Å². The molecular formula is C14H15F3N2O5. The highest BCUT2D eigenvalue weighted by Crippen LogP contribution is 2.37. The summed E-state index contributed by atoms with van der Waals surface area (Å²) >= 11 is 0. The highest BCUT2D eigenvalue weighted by Gasteiger charge is 2.36. The van der Waals surface area contributed by atoms with Gasteiger partial charge in [-0.2, -0.15) is 13.2 Å². The number of carbonyl (C=O) groups excluding carboxylic acids is 2. The van der Waals surface area contributed by atoms with Crippen LogP contribution in [0.2, 0.25) is 0 Å². The van der Waals surface area contributed by atoms with Crippen LogP contribution in [0.15, 0.2) is 18.2 Å². The Morgan fingerprint density at radius 2 is 2.00 bits per heavy atom. The van der Waals surface area contributed by atoms with Gasteiger partial charge < -0.3 is 10.1 Å². The number of hydrogen-bond acceptors (Lipinski definition) is 5. The summed E-state index contributed by atoms with van der Waals surface area (Å²) in [6.07, 6.45) is -5.65. The summed E-state index contributed by atoms with van der Waals surface area (Å²) in [5.74, 6) is -1.63. The first kappa shape index (κ1) is 19.4. The molecule has 1 rings (SSSR count). The Hall–Kier alpha value is -2.65. The van der Waals surface area contributed by atoms with E-state index in [2.05, 4.69) is 0 Å². The summed E-state index contributed by atoms with van der Waals surface area (Å²) in [4.78, 5) is 32.8. The number of esters is 1. The first-order valence-electron chi connectivity index (χ1n) is 6.92. The molecule has 0 fully saturated rings. The number of alkyl halides is 3. The number of carbonyl (C=O) groups is 2. The van der Waals surface area contributed by atoms with E-state index in [1.165, 1.54) is 6.92 Å². The SMILES string of the molecule is CCCC(=O)O[C@@H](C)C(=O)Nc1ccc([N+](=O)[O-])cc1C(F)(F)F. The Morgan fingerprint density at radius 1 is 1.38 bits per heavy atom. The van der Waals surface area contributed by atoms with Crippen LogP contribution in [0.3, 0.4) is 0 Å². The second-order valence-electron chi connectivity index (χ2n) is 4.86. The number of nitrogens with zero attached hydrogens (tertiary/aromatic N) is 1. The molecule has 0 saturated carbocycles. The van der Waals surface area contributed by atoms with Crippen LogP contribution >= 0.6 is 0 Å². The van der Waals surface area contributed by atoms with Crippen molar-refractivity contribution in [3.8, 4) is 0 Å². The number of benzene rings is 1. The van der Waals surface area contributed by atoms with Gasteiger partial charge in [-0.3, -0.25) is 19.7 Å². The number of non-ortho nitro benzene ring substituents is 1. The standard InChI is InChI=1S/C14H15F3N2O5/c1-3-4-12(20)24-8(2)13(21)18-11-6-5-9(19(22)23)7-10(11)14(15,16)17/h5-8H,3-4H2,1-2H3,(H,18,21)/t8-/m0/s1. The van der Waals surface area contributed by atoms with Gasteiger partial charge in [-0.05, 0) is 19.4 Å². The fourth-order valence-electron chi connectivity index (χ4n) is 1.74. The predicted octanol–water partition coefficient (Wildman–Crippen LogP) is 3.28. The van der Waals surface area contributed by atoms with Crippen molar-refractivity contribution in [2.45, 2.75) is 39.0 Å². The number of anilines is 1. The smallest absolute Gasteiger partial charge is 0.418 e. The van der Waals surface area contributed by atoms with Crippen LogP contribution in [0, 0.1) is 10.1 Å². The second-order valence-corrected chi connectivity index (χ2v) is 4.86. The number of nitro benzene ring substituents is 1.